The third-order valence-electron chi connectivity index (χ3n) is 12.4. The van der Waals surface area contributed by atoms with Gasteiger partial charge in [0.05, 0.1) is 34.6 Å². The van der Waals surface area contributed by atoms with Gasteiger partial charge in [-0.15, -0.1) is 0 Å². The van der Waals surface area contributed by atoms with Gasteiger partial charge in [0, 0.05) is 55.6 Å². The van der Waals surface area contributed by atoms with Gasteiger partial charge in [-0.1, -0.05) is 30.7 Å². The molecule has 4 aliphatic heterocycles. The molecule has 11 heteroatoms. The minimum absolute atomic E-state index is 0.0564. The van der Waals surface area contributed by atoms with Crippen LogP contribution in [0.15, 0.2) is 54.9 Å². The van der Waals surface area contributed by atoms with Crippen LogP contribution in [-0.4, -0.2) is 87.5 Å². The molecule has 2 amide bonds. The van der Waals surface area contributed by atoms with Crippen LogP contribution >= 0.6 is 0 Å². The van der Waals surface area contributed by atoms with Gasteiger partial charge >= 0.3 is 0 Å². The van der Waals surface area contributed by atoms with E-state index in [9.17, 15) is 14.0 Å². The molecule has 4 fully saturated rings. The van der Waals surface area contributed by atoms with Crippen molar-refractivity contribution in [2.75, 3.05) is 49.5 Å². The highest BCUT2D eigenvalue weighted by Gasteiger charge is 2.56. The van der Waals surface area contributed by atoms with Crippen molar-refractivity contribution in [1.82, 2.24) is 29.7 Å². The summed E-state index contributed by atoms with van der Waals surface area (Å²) in [6.45, 7) is 9.16. The molecule has 2 aromatic heterocycles. The van der Waals surface area contributed by atoms with Gasteiger partial charge in [-0.05, 0) is 95.3 Å². The third-order valence-corrected chi connectivity index (χ3v) is 12.4. The zero-order chi connectivity index (χ0) is 34.9. The highest BCUT2D eigenvalue weighted by Crippen LogP contribution is 2.52. The van der Waals surface area contributed by atoms with Gasteiger partial charge in [0.2, 0.25) is 11.8 Å². The number of fused-ring (bicyclic) bond motifs is 3. The molecule has 2 aromatic carbocycles. The minimum Gasteiger partial charge on any atom is -0.342 e. The molecule has 3 saturated heterocycles. The van der Waals surface area contributed by atoms with E-state index < -0.39 is 5.41 Å². The second-order valence-corrected chi connectivity index (χ2v) is 15.6. The lowest BCUT2D eigenvalue weighted by Crippen LogP contribution is -2.59. The zero-order valence-corrected chi connectivity index (χ0v) is 29.6. The molecule has 4 aromatic rings. The quantitative estimate of drug-likeness (QED) is 0.245. The molecule has 9 rings (SSSR count). The maximum atomic E-state index is 14.9. The first-order chi connectivity index (χ1) is 24.8. The van der Waals surface area contributed by atoms with E-state index in [0.717, 1.165) is 66.9 Å². The number of hydrogen-bond donors (Lipinski definition) is 2. The maximum absolute atomic E-state index is 14.9. The third kappa shape index (κ3) is 5.42. The van der Waals surface area contributed by atoms with Crippen LogP contribution in [0, 0.1) is 11.7 Å². The smallest absolute Gasteiger partial charge is 0.238 e. The molecule has 0 atom stereocenters. The number of imidazole rings is 1. The Morgan fingerprint density at radius 2 is 1.75 bits per heavy atom. The van der Waals surface area contributed by atoms with Crippen LogP contribution in [0.4, 0.5) is 21.6 Å². The normalized spacial score (nSPS) is 23.5. The van der Waals surface area contributed by atoms with E-state index in [4.69, 9.17) is 9.97 Å². The van der Waals surface area contributed by atoms with E-state index in [1.165, 1.54) is 25.3 Å². The first-order valence-electron chi connectivity index (χ1n) is 18.9. The lowest BCUT2D eigenvalue weighted by Gasteiger charge is -2.48. The minimum atomic E-state index is -0.635. The van der Waals surface area contributed by atoms with E-state index in [0.29, 0.717) is 49.2 Å². The Bertz CT molecular complexity index is 1990. The fourth-order valence-corrected chi connectivity index (χ4v) is 9.15. The molecule has 0 bridgehead atoms. The SMILES string of the molecule is CC(C)n1cnc2cc(-c3ccc4c(c3)N(C3CC(N5CCCCC5)C3)C(=O)C43CCN(C(=O)C4CNC4)CC3)nc(Nc3ccccc3F)c21. The van der Waals surface area contributed by atoms with Crippen LogP contribution < -0.4 is 15.5 Å². The molecule has 266 valence electrons. The van der Waals surface area contributed by atoms with Crippen molar-refractivity contribution in [1.29, 1.82) is 0 Å². The number of aromatic nitrogens is 3. The first kappa shape index (κ1) is 32.6. The van der Waals surface area contributed by atoms with Gasteiger partial charge in [-0.3, -0.25) is 9.59 Å². The molecule has 10 nitrogen and oxygen atoms in total. The van der Waals surface area contributed by atoms with Gasteiger partial charge in [0.25, 0.3) is 0 Å². The van der Waals surface area contributed by atoms with E-state index in [-0.39, 0.29) is 35.6 Å². The summed E-state index contributed by atoms with van der Waals surface area (Å²) in [5.41, 5.74) is 4.93. The Morgan fingerprint density at radius 1 is 0.980 bits per heavy atom. The zero-order valence-electron chi connectivity index (χ0n) is 29.6. The van der Waals surface area contributed by atoms with E-state index >= 15 is 0 Å². The summed E-state index contributed by atoms with van der Waals surface area (Å²) in [5.74, 6) is 0.638. The number of amides is 2. The van der Waals surface area contributed by atoms with E-state index in [1.54, 1.807) is 18.2 Å². The summed E-state index contributed by atoms with van der Waals surface area (Å²) in [5, 5.41) is 6.49. The number of carbonyl (C=O) groups excluding carboxylic acids is 2. The largest absolute Gasteiger partial charge is 0.342 e. The molecule has 51 heavy (non-hydrogen) atoms. The number of piperidine rings is 2. The molecule has 0 radical (unpaired) electrons. The highest BCUT2D eigenvalue weighted by atomic mass is 19.1. The number of rotatable bonds is 7. The van der Waals surface area contributed by atoms with Crippen LogP contribution in [0.5, 0.6) is 0 Å². The van der Waals surface area contributed by atoms with Crippen molar-refractivity contribution in [3.63, 3.8) is 0 Å². The molecule has 1 saturated carbocycles. The molecule has 2 N–H and O–H groups in total. The van der Waals surface area contributed by atoms with Gasteiger partial charge < -0.3 is 29.9 Å². The monoisotopic (exact) mass is 690 g/mol. The predicted molar refractivity (Wildman–Crippen MR) is 197 cm³/mol. The second kappa shape index (κ2) is 12.7. The van der Waals surface area contributed by atoms with Crippen molar-refractivity contribution < 1.29 is 14.0 Å². The van der Waals surface area contributed by atoms with Crippen LogP contribution in [0.2, 0.25) is 0 Å². The molecule has 0 unspecified atom stereocenters. The summed E-state index contributed by atoms with van der Waals surface area (Å²) in [4.78, 5) is 44.6. The molecule has 6 heterocycles. The fraction of sp³-hybridized carbons (Fsp3) is 0.500. The Balaban J connectivity index is 1.09. The lowest BCUT2D eigenvalue weighted by molar-refractivity contribution is -0.140. The van der Waals surface area contributed by atoms with Crippen molar-refractivity contribution in [3.05, 3.63) is 66.2 Å². The fourth-order valence-electron chi connectivity index (χ4n) is 9.15. The number of benzene rings is 2. The second-order valence-electron chi connectivity index (χ2n) is 15.6. The topological polar surface area (TPSA) is 98.6 Å². The van der Waals surface area contributed by atoms with E-state index in [1.807, 2.05) is 17.3 Å². The predicted octanol–water partition coefficient (Wildman–Crippen LogP) is 6.01. The molecule has 1 spiro atoms. The number of anilines is 3. The number of halogens is 1. The average molecular weight is 691 g/mol. The maximum Gasteiger partial charge on any atom is 0.238 e. The average Bonchev–Trinajstić information content (AvgIpc) is 3.63. The van der Waals surface area contributed by atoms with Crippen molar-refractivity contribution in [2.24, 2.45) is 5.92 Å². The number of nitrogens with one attached hydrogen (secondary N) is 2. The summed E-state index contributed by atoms with van der Waals surface area (Å²) < 4.78 is 17.0. The van der Waals surface area contributed by atoms with Gasteiger partial charge in [-0.25, -0.2) is 14.4 Å². The summed E-state index contributed by atoms with van der Waals surface area (Å²) in [7, 11) is 0. The molecule has 5 aliphatic rings. The Labute approximate surface area is 298 Å². The number of likely N-dealkylation sites (tertiary alicyclic amines) is 2. The van der Waals surface area contributed by atoms with Crippen LogP contribution in [0.3, 0.4) is 0 Å². The van der Waals surface area contributed by atoms with Gasteiger partial charge in [-0.2, -0.15) is 0 Å². The molecular formula is C40H47FN8O2. The summed E-state index contributed by atoms with van der Waals surface area (Å²) in [6.07, 6.45) is 8.87. The molecular weight excluding hydrogens is 643 g/mol. The Morgan fingerprint density at radius 3 is 2.45 bits per heavy atom. The van der Waals surface area contributed by atoms with Crippen LogP contribution in [0.1, 0.15) is 70.4 Å². The standard InChI is InChI=1S/C40H47FN8O2/c1-25(2)48-24-43-34-21-33(45-37(36(34)48)44-32-9-5-4-8-31(32)41)26-10-11-30-35(18-26)49(29-19-28(20-29)46-14-6-3-7-15-46)39(51)40(30)12-16-47(17-13-40)38(50)27-22-42-23-27/h4-5,8-11,18,21,24-25,27-29,42H,3,6-7,12-17,19-20,22-23H2,1-2H3,(H,44,45). The van der Waals surface area contributed by atoms with Crippen molar-refractivity contribution in [3.8, 4) is 11.3 Å². The highest BCUT2D eigenvalue weighted by molar-refractivity contribution is 6.09. The number of pyridine rings is 1. The molecule has 1 aliphatic carbocycles. The van der Waals surface area contributed by atoms with Crippen LogP contribution in [-0.2, 0) is 15.0 Å². The first-order valence-corrected chi connectivity index (χ1v) is 18.9. The summed E-state index contributed by atoms with van der Waals surface area (Å²) >= 11 is 0. The lowest BCUT2D eigenvalue weighted by atomic mass is 9.73. The van der Waals surface area contributed by atoms with Crippen molar-refractivity contribution in [2.45, 2.75) is 82.3 Å². The van der Waals surface area contributed by atoms with Gasteiger partial charge in [0.15, 0.2) is 5.82 Å². The number of hydrogen-bond acceptors (Lipinski definition) is 7. The van der Waals surface area contributed by atoms with Crippen LogP contribution in [0.25, 0.3) is 22.3 Å². The van der Waals surface area contributed by atoms with Gasteiger partial charge in [0.1, 0.15) is 11.3 Å². The van der Waals surface area contributed by atoms with Crippen molar-refractivity contribution >= 4 is 40.0 Å². The number of para-hydroxylation sites is 1. The Hall–Kier alpha value is -4.35. The number of nitrogens with zero attached hydrogens (tertiary/aromatic N) is 6. The van der Waals surface area contributed by atoms with E-state index in [2.05, 4.69) is 57.0 Å². The Kier molecular flexibility index (Phi) is 8.11. The summed E-state index contributed by atoms with van der Waals surface area (Å²) in [6, 6.07) is 15.8. The number of carbonyl (C=O) groups is 2.